The largest absolute Gasteiger partial charge is 0.508 e. The van der Waals surface area contributed by atoms with Crippen molar-refractivity contribution < 1.29 is 19.8 Å². The van der Waals surface area contributed by atoms with Gasteiger partial charge in [0.05, 0.1) is 17.2 Å². The van der Waals surface area contributed by atoms with Gasteiger partial charge in [-0.15, -0.1) is 0 Å². The van der Waals surface area contributed by atoms with Gasteiger partial charge in [-0.25, -0.2) is 14.8 Å². The number of anilines is 3. The van der Waals surface area contributed by atoms with Gasteiger partial charge in [-0.3, -0.25) is 4.79 Å². The molecular weight excluding hydrogens is 460 g/mol. The van der Waals surface area contributed by atoms with Crippen LogP contribution in [0.25, 0.3) is 33.2 Å². The van der Waals surface area contributed by atoms with E-state index in [0.29, 0.717) is 56.8 Å². The third-order valence-electron chi connectivity index (χ3n) is 5.57. The Morgan fingerprint density at radius 3 is 2.67 bits per heavy atom. The summed E-state index contributed by atoms with van der Waals surface area (Å²) in [5.41, 5.74) is 3.08. The van der Waals surface area contributed by atoms with Crippen LogP contribution in [-0.4, -0.2) is 42.0 Å². The molecule has 1 amide bonds. The van der Waals surface area contributed by atoms with Crippen LogP contribution in [0.15, 0.2) is 66.9 Å². The molecule has 0 bridgehead atoms. The van der Waals surface area contributed by atoms with Crippen molar-refractivity contribution in [1.29, 1.82) is 0 Å². The second-order valence-electron chi connectivity index (χ2n) is 8.21. The highest BCUT2D eigenvalue weighted by Gasteiger charge is 2.14. The molecule has 10 heteroatoms. The molecule has 10 nitrogen and oxygen atoms in total. The summed E-state index contributed by atoms with van der Waals surface area (Å²) >= 11 is 0. The third-order valence-corrected chi connectivity index (χ3v) is 5.57. The van der Waals surface area contributed by atoms with Crippen molar-refractivity contribution >= 4 is 51.0 Å². The molecule has 0 unspecified atom stereocenters. The summed E-state index contributed by atoms with van der Waals surface area (Å²) in [6.07, 6.45) is 1.50. The number of hydrogen-bond acceptors (Lipinski definition) is 7. The zero-order valence-corrected chi connectivity index (χ0v) is 19.3. The number of amides is 1. The van der Waals surface area contributed by atoms with E-state index in [2.05, 4.69) is 20.7 Å². The van der Waals surface area contributed by atoms with Crippen LogP contribution in [0.3, 0.4) is 0 Å². The van der Waals surface area contributed by atoms with Crippen LogP contribution < -0.4 is 10.6 Å². The highest BCUT2D eigenvalue weighted by molar-refractivity contribution is 5.95. The molecule has 0 saturated carbocycles. The van der Waals surface area contributed by atoms with E-state index in [1.807, 2.05) is 31.2 Å². The number of carbonyl (C=O) groups excluding carboxylic acids is 1. The van der Waals surface area contributed by atoms with Gasteiger partial charge in [-0.1, -0.05) is 19.1 Å². The smallest absolute Gasteiger partial charge is 0.432 e. The molecule has 0 fully saturated rings. The monoisotopic (exact) mass is 482 g/mol. The zero-order chi connectivity index (χ0) is 25.2. The Hall–Kier alpha value is -4.99. The van der Waals surface area contributed by atoms with Gasteiger partial charge >= 0.3 is 6.09 Å². The maximum Gasteiger partial charge on any atom is 0.432 e. The van der Waals surface area contributed by atoms with Crippen LogP contribution in [0.5, 0.6) is 5.75 Å². The molecular formula is C26H22N6O4. The number of benzene rings is 3. The van der Waals surface area contributed by atoms with E-state index < -0.39 is 6.09 Å². The van der Waals surface area contributed by atoms with Gasteiger partial charge in [0.15, 0.2) is 5.82 Å². The number of nitrogens with one attached hydrogen (secondary N) is 2. The minimum absolute atomic E-state index is 0.0616. The fourth-order valence-corrected chi connectivity index (χ4v) is 3.93. The normalized spacial score (nSPS) is 11.0. The fraction of sp³-hybridized carbons (Fsp3) is 0.115. The first-order chi connectivity index (χ1) is 17.4. The van der Waals surface area contributed by atoms with Gasteiger partial charge in [-0.2, -0.15) is 9.78 Å². The van der Waals surface area contributed by atoms with Crippen LogP contribution in [0.1, 0.15) is 19.8 Å². The van der Waals surface area contributed by atoms with Crippen LogP contribution in [-0.2, 0) is 4.79 Å². The summed E-state index contributed by atoms with van der Waals surface area (Å²) in [5.74, 6) is 0.896. The van der Waals surface area contributed by atoms with Crippen molar-refractivity contribution in [2.45, 2.75) is 19.8 Å². The van der Waals surface area contributed by atoms with Crippen molar-refractivity contribution in [2.75, 3.05) is 10.6 Å². The Bertz CT molecular complexity index is 1630. The average molecular weight is 483 g/mol. The molecule has 0 aliphatic heterocycles. The predicted molar refractivity (Wildman–Crippen MR) is 137 cm³/mol. The molecule has 0 saturated heterocycles. The molecule has 0 atom stereocenters. The number of fused-ring (bicyclic) bond motifs is 2. The number of aromatic hydroxyl groups is 1. The topological polar surface area (TPSA) is 142 Å². The molecule has 36 heavy (non-hydrogen) atoms. The second kappa shape index (κ2) is 9.34. The Morgan fingerprint density at radius 1 is 1.00 bits per heavy atom. The number of phenolic OH excluding ortho intramolecular Hbond substituents is 1. The van der Waals surface area contributed by atoms with E-state index in [1.165, 1.54) is 6.20 Å². The van der Waals surface area contributed by atoms with Crippen LogP contribution in [0.4, 0.5) is 22.0 Å². The lowest BCUT2D eigenvalue weighted by Gasteiger charge is -2.12. The number of rotatable bonds is 6. The van der Waals surface area contributed by atoms with Crippen molar-refractivity contribution in [3.8, 4) is 17.1 Å². The van der Waals surface area contributed by atoms with Gasteiger partial charge < -0.3 is 20.8 Å². The summed E-state index contributed by atoms with van der Waals surface area (Å²) in [6.45, 7) is 1.95. The number of nitrogens with zero attached hydrogens (tertiary/aromatic N) is 4. The molecule has 2 aromatic heterocycles. The molecule has 180 valence electrons. The predicted octanol–water partition coefficient (Wildman–Crippen LogP) is 5.36. The number of phenols is 1. The number of carboxylic acid groups (broad SMARTS) is 1. The van der Waals surface area contributed by atoms with Crippen molar-refractivity contribution in [2.24, 2.45) is 0 Å². The molecule has 4 N–H and O–H groups in total. The number of carbonyl (C=O) groups is 2. The summed E-state index contributed by atoms with van der Waals surface area (Å²) in [5, 5.41) is 30.6. The highest BCUT2D eigenvalue weighted by Crippen LogP contribution is 2.31. The molecule has 0 radical (unpaired) electrons. The Labute approximate surface area is 205 Å². The molecule has 0 spiro atoms. The van der Waals surface area contributed by atoms with Gasteiger partial charge in [0.1, 0.15) is 11.6 Å². The standard InChI is InChI=1S/C26H22N6O4/c1-2-4-23(34)28-17-6-3-5-15(11-17)24-30-21-9-8-19(33)13-20(21)25(31-24)29-18-7-10-22-16(12-18)14-27-32(22)26(35)36/h3,5-14,33H,2,4H2,1H3,(H,28,34)(H,35,36)(H,29,30,31). The third kappa shape index (κ3) is 4.51. The van der Waals surface area contributed by atoms with Gasteiger partial charge in [0.25, 0.3) is 0 Å². The lowest BCUT2D eigenvalue weighted by atomic mass is 10.1. The van der Waals surface area contributed by atoms with Gasteiger partial charge in [0, 0.05) is 34.1 Å². The van der Waals surface area contributed by atoms with Crippen LogP contribution >= 0.6 is 0 Å². The van der Waals surface area contributed by atoms with E-state index in [4.69, 9.17) is 4.98 Å². The number of aromatic nitrogens is 4. The summed E-state index contributed by atoms with van der Waals surface area (Å²) in [6, 6.07) is 17.3. The average Bonchev–Trinajstić information content (AvgIpc) is 3.28. The van der Waals surface area contributed by atoms with E-state index in [0.717, 1.165) is 11.1 Å². The molecule has 0 aliphatic rings. The molecule has 5 aromatic rings. The van der Waals surface area contributed by atoms with E-state index in [1.54, 1.807) is 36.4 Å². The van der Waals surface area contributed by atoms with E-state index in [-0.39, 0.29) is 11.7 Å². The Morgan fingerprint density at radius 2 is 1.86 bits per heavy atom. The maximum atomic E-state index is 12.0. The fourth-order valence-electron chi connectivity index (χ4n) is 3.93. The summed E-state index contributed by atoms with van der Waals surface area (Å²) in [7, 11) is 0. The lowest BCUT2D eigenvalue weighted by Crippen LogP contribution is -2.10. The number of hydrogen-bond donors (Lipinski definition) is 4. The van der Waals surface area contributed by atoms with Crippen molar-refractivity contribution in [1.82, 2.24) is 19.7 Å². The van der Waals surface area contributed by atoms with E-state index in [9.17, 15) is 19.8 Å². The Kier molecular flexibility index (Phi) is 5.91. The molecule has 5 rings (SSSR count). The second-order valence-corrected chi connectivity index (χ2v) is 8.21. The van der Waals surface area contributed by atoms with Crippen molar-refractivity contribution in [3.63, 3.8) is 0 Å². The van der Waals surface area contributed by atoms with Crippen LogP contribution in [0, 0.1) is 0 Å². The van der Waals surface area contributed by atoms with Gasteiger partial charge in [-0.05, 0) is 55.0 Å². The summed E-state index contributed by atoms with van der Waals surface area (Å²) < 4.78 is 0.904. The molecule has 0 aliphatic carbocycles. The van der Waals surface area contributed by atoms with Gasteiger partial charge in [0.2, 0.25) is 5.91 Å². The first-order valence-electron chi connectivity index (χ1n) is 11.3. The molecule has 3 aromatic carbocycles. The summed E-state index contributed by atoms with van der Waals surface area (Å²) in [4.78, 5) is 32.8. The minimum Gasteiger partial charge on any atom is -0.508 e. The maximum absolute atomic E-state index is 12.0. The van der Waals surface area contributed by atoms with E-state index >= 15 is 0 Å². The first-order valence-corrected chi connectivity index (χ1v) is 11.3. The first kappa shape index (κ1) is 22.8. The molecule has 2 heterocycles. The Balaban J connectivity index is 1.55. The zero-order valence-electron chi connectivity index (χ0n) is 19.3. The van der Waals surface area contributed by atoms with Crippen LogP contribution in [0.2, 0.25) is 0 Å². The SMILES string of the molecule is CCCC(=O)Nc1cccc(-c2nc(Nc3ccc4c(cnn4C(=O)O)c3)c3cc(O)ccc3n2)c1. The highest BCUT2D eigenvalue weighted by atomic mass is 16.4. The lowest BCUT2D eigenvalue weighted by molar-refractivity contribution is -0.116. The van der Waals surface area contributed by atoms with Crippen molar-refractivity contribution in [3.05, 3.63) is 66.9 Å². The minimum atomic E-state index is -1.17. The quantitative estimate of drug-likeness (QED) is 0.253.